The Labute approximate surface area is 156 Å². The Kier molecular flexibility index (Phi) is 4.59. The SMILES string of the molecule is O=C(NCc1ccco1)C1(C(=O)N2CCN(c3ccc(F)cc3)CC2)CC1. The molecule has 1 aliphatic heterocycles. The lowest BCUT2D eigenvalue weighted by Gasteiger charge is -2.37. The molecule has 0 atom stereocenters. The number of rotatable bonds is 5. The quantitative estimate of drug-likeness (QED) is 0.818. The number of furan rings is 1. The Bertz CT molecular complexity index is 808. The Hall–Kier alpha value is -2.83. The zero-order chi connectivity index (χ0) is 18.9. The largest absolute Gasteiger partial charge is 0.467 e. The molecule has 27 heavy (non-hydrogen) atoms. The summed E-state index contributed by atoms with van der Waals surface area (Å²) < 4.78 is 18.3. The van der Waals surface area contributed by atoms with Crippen LogP contribution < -0.4 is 10.2 Å². The van der Waals surface area contributed by atoms with Crippen molar-refractivity contribution in [2.24, 2.45) is 5.41 Å². The second kappa shape index (κ2) is 7.06. The number of hydrogen-bond acceptors (Lipinski definition) is 4. The molecule has 7 heteroatoms. The predicted octanol–water partition coefficient (Wildman–Crippen LogP) is 2.16. The van der Waals surface area contributed by atoms with Gasteiger partial charge in [0.2, 0.25) is 11.8 Å². The monoisotopic (exact) mass is 371 g/mol. The highest BCUT2D eigenvalue weighted by Gasteiger charge is 2.58. The summed E-state index contributed by atoms with van der Waals surface area (Å²) in [6.07, 6.45) is 2.74. The van der Waals surface area contributed by atoms with E-state index in [1.807, 2.05) is 0 Å². The van der Waals surface area contributed by atoms with Crippen LogP contribution in [0.15, 0.2) is 47.1 Å². The van der Waals surface area contributed by atoms with Crippen molar-refractivity contribution < 1.29 is 18.4 Å². The van der Waals surface area contributed by atoms with Crippen LogP contribution in [0.3, 0.4) is 0 Å². The second-order valence-electron chi connectivity index (χ2n) is 7.10. The van der Waals surface area contributed by atoms with Crippen LogP contribution in [0.25, 0.3) is 0 Å². The maximum absolute atomic E-state index is 13.1. The van der Waals surface area contributed by atoms with E-state index in [1.165, 1.54) is 12.1 Å². The molecular weight excluding hydrogens is 349 g/mol. The minimum absolute atomic E-state index is 0.0850. The average Bonchev–Trinajstić information content (AvgIpc) is 3.35. The van der Waals surface area contributed by atoms with Gasteiger partial charge in [-0.25, -0.2) is 4.39 Å². The van der Waals surface area contributed by atoms with Crippen LogP contribution in [0.4, 0.5) is 10.1 Å². The normalized spacial score (nSPS) is 18.3. The lowest BCUT2D eigenvalue weighted by atomic mass is 10.0. The van der Waals surface area contributed by atoms with E-state index >= 15 is 0 Å². The van der Waals surface area contributed by atoms with Crippen LogP contribution in [-0.2, 0) is 16.1 Å². The first kappa shape index (κ1) is 17.6. The third kappa shape index (κ3) is 3.54. The maximum Gasteiger partial charge on any atom is 0.238 e. The van der Waals surface area contributed by atoms with Crippen LogP contribution in [0.2, 0.25) is 0 Å². The third-order valence-electron chi connectivity index (χ3n) is 5.36. The van der Waals surface area contributed by atoms with Gasteiger partial charge in [0, 0.05) is 31.9 Å². The summed E-state index contributed by atoms with van der Waals surface area (Å²) in [5.74, 6) is 0.103. The van der Waals surface area contributed by atoms with E-state index in [-0.39, 0.29) is 17.6 Å². The molecule has 6 nitrogen and oxygen atoms in total. The first-order valence-electron chi connectivity index (χ1n) is 9.19. The molecule has 2 fully saturated rings. The van der Waals surface area contributed by atoms with Crippen molar-refractivity contribution in [1.82, 2.24) is 10.2 Å². The van der Waals surface area contributed by atoms with Gasteiger partial charge in [0.15, 0.2) is 0 Å². The van der Waals surface area contributed by atoms with Crippen LogP contribution >= 0.6 is 0 Å². The van der Waals surface area contributed by atoms with Crippen LogP contribution in [0.5, 0.6) is 0 Å². The van der Waals surface area contributed by atoms with Crippen molar-refractivity contribution in [3.63, 3.8) is 0 Å². The number of carbonyl (C=O) groups is 2. The van der Waals surface area contributed by atoms with Gasteiger partial charge in [0.05, 0.1) is 12.8 Å². The fraction of sp³-hybridized carbons (Fsp3) is 0.400. The summed E-state index contributed by atoms with van der Waals surface area (Å²) in [6.45, 7) is 2.75. The van der Waals surface area contributed by atoms with Gasteiger partial charge < -0.3 is 19.5 Å². The Balaban J connectivity index is 1.33. The first-order chi connectivity index (χ1) is 13.1. The number of carbonyl (C=O) groups excluding carboxylic acids is 2. The molecule has 0 bridgehead atoms. The van der Waals surface area contributed by atoms with Crippen LogP contribution in [0, 0.1) is 11.2 Å². The standard InChI is InChI=1S/C20H22FN3O3/c21-15-3-5-16(6-4-15)23-9-11-24(12-10-23)19(26)20(7-8-20)18(25)22-14-17-2-1-13-27-17/h1-6,13H,7-12,14H2,(H,22,25). The summed E-state index contributed by atoms with van der Waals surface area (Å²) in [5.41, 5.74) is 0.0331. The maximum atomic E-state index is 13.1. The van der Waals surface area contributed by atoms with Gasteiger partial charge in [0.25, 0.3) is 0 Å². The molecule has 0 radical (unpaired) electrons. The van der Waals surface area contributed by atoms with Crippen LogP contribution in [-0.4, -0.2) is 42.9 Å². The van der Waals surface area contributed by atoms with E-state index in [0.717, 1.165) is 5.69 Å². The van der Waals surface area contributed by atoms with E-state index in [1.54, 1.807) is 35.4 Å². The highest BCUT2D eigenvalue weighted by molar-refractivity contribution is 6.07. The summed E-state index contributed by atoms with van der Waals surface area (Å²) in [7, 11) is 0. The van der Waals surface area contributed by atoms with Gasteiger partial charge >= 0.3 is 0 Å². The zero-order valence-electron chi connectivity index (χ0n) is 15.0. The number of hydrogen-bond donors (Lipinski definition) is 1. The highest BCUT2D eigenvalue weighted by Crippen LogP contribution is 2.47. The van der Waals surface area contributed by atoms with E-state index in [2.05, 4.69) is 10.2 Å². The molecule has 1 aromatic heterocycles. The molecule has 1 N–H and O–H groups in total. The lowest BCUT2D eigenvalue weighted by Crippen LogP contribution is -2.53. The van der Waals surface area contributed by atoms with Gasteiger partial charge in [-0.1, -0.05) is 0 Å². The number of benzene rings is 1. The summed E-state index contributed by atoms with van der Waals surface area (Å²) in [5, 5.41) is 2.82. The van der Waals surface area contributed by atoms with E-state index in [0.29, 0.717) is 51.3 Å². The molecule has 2 aliphatic rings. The van der Waals surface area contributed by atoms with Crippen molar-refractivity contribution in [3.05, 3.63) is 54.2 Å². The van der Waals surface area contributed by atoms with E-state index in [9.17, 15) is 14.0 Å². The number of halogens is 1. The second-order valence-corrected chi connectivity index (χ2v) is 7.10. The predicted molar refractivity (Wildman–Crippen MR) is 97.4 cm³/mol. The van der Waals surface area contributed by atoms with Crippen LogP contribution in [0.1, 0.15) is 18.6 Å². The molecule has 1 aliphatic carbocycles. The fourth-order valence-corrected chi connectivity index (χ4v) is 3.54. The minimum atomic E-state index is -0.912. The molecule has 1 saturated carbocycles. The molecule has 1 saturated heterocycles. The molecule has 2 heterocycles. The molecule has 2 aromatic rings. The summed E-state index contributed by atoms with van der Waals surface area (Å²) >= 11 is 0. The number of nitrogens with one attached hydrogen (secondary N) is 1. The van der Waals surface area contributed by atoms with Gasteiger partial charge in [-0.05, 0) is 49.2 Å². The number of nitrogens with zero attached hydrogens (tertiary/aromatic N) is 2. The molecule has 1 aromatic carbocycles. The molecule has 142 valence electrons. The van der Waals surface area contributed by atoms with Gasteiger partial charge in [-0.3, -0.25) is 9.59 Å². The average molecular weight is 371 g/mol. The van der Waals surface area contributed by atoms with Gasteiger partial charge in [-0.2, -0.15) is 0 Å². The molecule has 2 amide bonds. The zero-order valence-corrected chi connectivity index (χ0v) is 15.0. The summed E-state index contributed by atoms with van der Waals surface area (Å²) in [6, 6.07) is 9.93. The Morgan fingerprint density at radius 2 is 1.78 bits per heavy atom. The van der Waals surface area contributed by atoms with E-state index < -0.39 is 5.41 Å². The Morgan fingerprint density at radius 3 is 2.37 bits per heavy atom. The lowest BCUT2D eigenvalue weighted by molar-refractivity contribution is -0.144. The number of amides is 2. The van der Waals surface area contributed by atoms with Crippen molar-refractivity contribution in [3.8, 4) is 0 Å². The van der Waals surface area contributed by atoms with Crippen molar-refractivity contribution in [1.29, 1.82) is 0 Å². The highest BCUT2D eigenvalue weighted by atomic mass is 19.1. The fourth-order valence-electron chi connectivity index (χ4n) is 3.54. The van der Waals surface area contributed by atoms with Crippen molar-refractivity contribution in [2.45, 2.75) is 19.4 Å². The molecule has 0 spiro atoms. The first-order valence-corrected chi connectivity index (χ1v) is 9.19. The number of piperazine rings is 1. The smallest absolute Gasteiger partial charge is 0.238 e. The van der Waals surface area contributed by atoms with Gasteiger partial charge in [-0.15, -0.1) is 0 Å². The summed E-state index contributed by atoms with van der Waals surface area (Å²) in [4.78, 5) is 29.4. The minimum Gasteiger partial charge on any atom is -0.467 e. The molecule has 4 rings (SSSR count). The van der Waals surface area contributed by atoms with Gasteiger partial charge in [0.1, 0.15) is 17.0 Å². The topological polar surface area (TPSA) is 65.8 Å². The number of anilines is 1. The third-order valence-corrected chi connectivity index (χ3v) is 5.36. The Morgan fingerprint density at radius 1 is 1.07 bits per heavy atom. The van der Waals surface area contributed by atoms with Crippen molar-refractivity contribution in [2.75, 3.05) is 31.1 Å². The molecular formula is C20H22FN3O3. The van der Waals surface area contributed by atoms with Crippen molar-refractivity contribution >= 4 is 17.5 Å². The molecule has 0 unspecified atom stereocenters. The van der Waals surface area contributed by atoms with E-state index in [4.69, 9.17) is 4.42 Å².